The lowest BCUT2D eigenvalue weighted by molar-refractivity contribution is 0.0952. The van der Waals surface area contributed by atoms with Crippen molar-refractivity contribution in [2.75, 3.05) is 14.2 Å². The van der Waals surface area contributed by atoms with Gasteiger partial charge in [0, 0.05) is 12.1 Å². The molecule has 0 spiro atoms. The van der Waals surface area contributed by atoms with E-state index in [1.165, 1.54) is 0 Å². The monoisotopic (exact) mass is 321 g/mol. The van der Waals surface area contributed by atoms with Gasteiger partial charge in [-0.1, -0.05) is 42.5 Å². The van der Waals surface area contributed by atoms with Gasteiger partial charge >= 0.3 is 0 Å². The Labute approximate surface area is 141 Å². The summed E-state index contributed by atoms with van der Waals surface area (Å²) in [7, 11) is 3.19. The highest BCUT2D eigenvalue weighted by Gasteiger charge is 2.10. The molecule has 0 aliphatic carbocycles. The summed E-state index contributed by atoms with van der Waals surface area (Å²) in [5.41, 5.74) is 1.62. The summed E-state index contributed by atoms with van der Waals surface area (Å²) in [6, 6.07) is 19.2. The molecule has 0 atom stereocenters. The van der Waals surface area contributed by atoms with Gasteiger partial charge in [-0.05, 0) is 34.5 Å². The van der Waals surface area contributed by atoms with E-state index in [-0.39, 0.29) is 5.91 Å². The summed E-state index contributed by atoms with van der Waals surface area (Å²) in [5.74, 6) is 1.22. The predicted octanol–water partition coefficient (Wildman–Crippen LogP) is 3.79. The second-order valence-corrected chi connectivity index (χ2v) is 5.40. The van der Waals surface area contributed by atoms with E-state index in [0.717, 1.165) is 16.3 Å². The van der Waals surface area contributed by atoms with Crippen LogP contribution < -0.4 is 14.8 Å². The first-order valence-electron chi connectivity index (χ1n) is 7.70. The van der Waals surface area contributed by atoms with Crippen LogP contribution >= 0.6 is 0 Å². The van der Waals surface area contributed by atoms with Gasteiger partial charge in [0.05, 0.1) is 14.2 Å². The van der Waals surface area contributed by atoms with Gasteiger partial charge in [0.2, 0.25) is 0 Å². The number of fused-ring (bicyclic) bond motifs is 1. The number of amides is 1. The zero-order valence-corrected chi connectivity index (χ0v) is 13.7. The molecule has 4 heteroatoms. The lowest BCUT2D eigenvalue weighted by atomic mass is 10.0. The fourth-order valence-electron chi connectivity index (χ4n) is 2.69. The van der Waals surface area contributed by atoms with Gasteiger partial charge in [0.15, 0.2) is 11.5 Å². The van der Waals surface area contributed by atoms with Crippen LogP contribution in [0.2, 0.25) is 0 Å². The van der Waals surface area contributed by atoms with E-state index in [9.17, 15) is 4.79 Å². The van der Waals surface area contributed by atoms with Crippen LogP contribution in [0.5, 0.6) is 11.5 Å². The van der Waals surface area contributed by atoms with Crippen LogP contribution in [-0.2, 0) is 6.54 Å². The maximum absolute atomic E-state index is 12.5. The van der Waals surface area contributed by atoms with Crippen molar-refractivity contribution in [2.45, 2.75) is 6.54 Å². The number of carbonyl (C=O) groups is 1. The zero-order valence-electron chi connectivity index (χ0n) is 13.7. The van der Waals surface area contributed by atoms with Crippen molar-refractivity contribution >= 4 is 16.7 Å². The van der Waals surface area contributed by atoms with E-state index in [1.807, 2.05) is 60.7 Å². The molecule has 0 fully saturated rings. The lowest BCUT2D eigenvalue weighted by Crippen LogP contribution is -2.23. The Kier molecular flexibility index (Phi) is 4.66. The lowest BCUT2D eigenvalue weighted by Gasteiger charge is -2.11. The van der Waals surface area contributed by atoms with E-state index >= 15 is 0 Å². The average molecular weight is 321 g/mol. The average Bonchev–Trinajstić information content (AvgIpc) is 2.65. The minimum Gasteiger partial charge on any atom is -0.493 e. The maximum atomic E-state index is 12.5. The minimum atomic E-state index is -0.0958. The van der Waals surface area contributed by atoms with Crippen LogP contribution in [0, 0.1) is 0 Å². The largest absolute Gasteiger partial charge is 0.493 e. The molecule has 0 radical (unpaired) electrons. The fraction of sp³-hybridized carbons (Fsp3) is 0.150. The second kappa shape index (κ2) is 7.04. The van der Waals surface area contributed by atoms with E-state index in [1.54, 1.807) is 14.2 Å². The number of rotatable bonds is 5. The summed E-state index contributed by atoms with van der Waals surface area (Å²) in [5, 5.41) is 4.96. The quantitative estimate of drug-likeness (QED) is 0.778. The number of hydrogen-bond donors (Lipinski definition) is 1. The highest BCUT2D eigenvalue weighted by atomic mass is 16.5. The number of benzene rings is 3. The smallest absolute Gasteiger partial charge is 0.252 e. The molecule has 0 unspecified atom stereocenters. The molecule has 3 aromatic rings. The number of hydrogen-bond acceptors (Lipinski definition) is 3. The molecule has 0 saturated carbocycles. The number of nitrogens with one attached hydrogen (secondary N) is 1. The Balaban J connectivity index is 1.78. The van der Waals surface area contributed by atoms with Crippen LogP contribution in [0.25, 0.3) is 10.8 Å². The first-order valence-corrected chi connectivity index (χ1v) is 7.70. The Bertz CT molecular complexity index is 868. The molecule has 0 bridgehead atoms. The van der Waals surface area contributed by atoms with Crippen LogP contribution in [0.4, 0.5) is 0 Å². The van der Waals surface area contributed by atoms with Crippen molar-refractivity contribution in [3.8, 4) is 11.5 Å². The van der Waals surface area contributed by atoms with Gasteiger partial charge < -0.3 is 14.8 Å². The van der Waals surface area contributed by atoms with Crippen molar-refractivity contribution in [3.05, 3.63) is 71.8 Å². The third kappa shape index (κ3) is 3.18. The molecule has 0 aliphatic rings. The molecule has 0 saturated heterocycles. The molecule has 0 heterocycles. The third-order valence-electron chi connectivity index (χ3n) is 3.94. The molecule has 0 aromatic heterocycles. The standard InChI is InChI=1S/C20H19NO3/c1-23-18-11-10-14(12-19(18)24-2)13-21-20(22)17-9-5-7-15-6-3-4-8-16(15)17/h3-12H,13H2,1-2H3,(H,21,22). The van der Waals surface area contributed by atoms with Crippen molar-refractivity contribution in [1.82, 2.24) is 5.32 Å². The summed E-state index contributed by atoms with van der Waals surface area (Å²) < 4.78 is 10.5. The normalized spacial score (nSPS) is 10.4. The number of ether oxygens (including phenoxy) is 2. The van der Waals surface area contributed by atoms with E-state index in [4.69, 9.17) is 9.47 Å². The Morgan fingerprint density at radius 3 is 2.46 bits per heavy atom. The minimum absolute atomic E-state index is 0.0958. The van der Waals surface area contributed by atoms with Gasteiger partial charge in [-0.15, -0.1) is 0 Å². The summed E-state index contributed by atoms with van der Waals surface area (Å²) in [4.78, 5) is 12.5. The van der Waals surface area contributed by atoms with E-state index < -0.39 is 0 Å². The molecule has 1 N–H and O–H groups in total. The van der Waals surface area contributed by atoms with Gasteiger partial charge in [0.1, 0.15) is 0 Å². The molecule has 3 aromatic carbocycles. The molecule has 3 rings (SSSR count). The number of methoxy groups -OCH3 is 2. The van der Waals surface area contributed by atoms with Gasteiger partial charge in [-0.2, -0.15) is 0 Å². The van der Waals surface area contributed by atoms with Crippen LogP contribution in [0.3, 0.4) is 0 Å². The third-order valence-corrected chi connectivity index (χ3v) is 3.94. The van der Waals surface area contributed by atoms with Crippen molar-refractivity contribution in [1.29, 1.82) is 0 Å². The fourth-order valence-corrected chi connectivity index (χ4v) is 2.69. The highest BCUT2D eigenvalue weighted by molar-refractivity contribution is 6.06. The molecule has 24 heavy (non-hydrogen) atoms. The van der Waals surface area contributed by atoms with E-state index in [2.05, 4.69) is 5.32 Å². The van der Waals surface area contributed by atoms with Crippen LogP contribution in [0.15, 0.2) is 60.7 Å². The molecule has 122 valence electrons. The van der Waals surface area contributed by atoms with Crippen LogP contribution in [0.1, 0.15) is 15.9 Å². The summed E-state index contributed by atoms with van der Waals surface area (Å²) >= 11 is 0. The molecule has 1 amide bonds. The topological polar surface area (TPSA) is 47.6 Å². The van der Waals surface area contributed by atoms with Crippen molar-refractivity contribution in [3.63, 3.8) is 0 Å². The predicted molar refractivity (Wildman–Crippen MR) is 94.7 cm³/mol. The summed E-state index contributed by atoms with van der Waals surface area (Å²) in [6.07, 6.45) is 0. The Hall–Kier alpha value is -3.01. The van der Waals surface area contributed by atoms with E-state index in [0.29, 0.717) is 23.6 Å². The summed E-state index contributed by atoms with van der Waals surface area (Å²) in [6.45, 7) is 0.419. The molecular formula is C20H19NO3. The van der Waals surface area contributed by atoms with Gasteiger partial charge in [-0.25, -0.2) is 0 Å². The highest BCUT2D eigenvalue weighted by Crippen LogP contribution is 2.27. The second-order valence-electron chi connectivity index (χ2n) is 5.40. The molecule has 4 nitrogen and oxygen atoms in total. The number of carbonyl (C=O) groups excluding carboxylic acids is 1. The zero-order chi connectivity index (χ0) is 16.9. The first-order chi connectivity index (χ1) is 11.7. The van der Waals surface area contributed by atoms with Gasteiger partial charge in [0.25, 0.3) is 5.91 Å². The molecule has 0 aliphatic heterocycles. The Morgan fingerprint density at radius 2 is 1.67 bits per heavy atom. The Morgan fingerprint density at radius 1 is 0.917 bits per heavy atom. The maximum Gasteiger partial charge on any atom is 0.252 e. The molecular weight excluding hydrogens is 302 g/mol. The SMILES string of the molecule is COc1ccc(CNC(=O)c2cccc3ccccc23)cc1OC. The van der Waals surface area contributed by atoms with Crippen molar-refractivity contribution in [2.24, 2.45) is 0 Å². The van der Waals surface area contributed by atoms with Crippen molar-refractivity contribution < 1.29 is 14.3 Å². The first kappa shape index (κ1) is 15.9. The van der Waals surface area contributed by atoms with Gasteiger partial charge in [-0.3, -0.25) is 4.79 Å². The van der Waals surface area contributed by atoms with Crippen LogP contribution in [-0.4, -0.2) is 20.1 Å².